The van der Waals surface area contributed by atoms with Gasteiger partial charge in [0.2, 0.25) is 0 Å². The number of nitrogens with zero attached hydrogens (tertiary/aromatic N) is 3. The van der Waals surface area contributed by atoms with Gasteiger partial charge in [-0.25, -0.2) is 9.07 Å². The Kier molecular flexibility index (Phi) is 3.19. The van der Waals surface area contributed by atoms with Gasteiger partial charge < -0.3 is 4.74 Å². The molecule has 0 N–H and O–H groups in total. The molecule has 0 spiro atoms. The van der Waals surface area contributed by atoms with Crippen LogP contribution in [0, 0.1) is 5.82 Å². The lowest BCUT2D eigenvalue weighted by atomic mass is 10.2. The highest BCUT2D eigenvalue weighted by Gasteiger charge is 2.14. The number of alkyl halides is 1. The molecule has 0 atom stereocenters. The lowest BCUT2D eigenvalue weighted by Crippen LogP contribution is -2.03. The third-order valence-corrected chi connectivity index (χ3v) is 2.77. The van der Waals surface area contributed by atoms with Gasteiger partial charge in [0, 0.05) is 10.9 Å². The van der Waals surface area contributed by atoms with Gasteiger partial charge in [-0.05, 0) is 12.1 Å². The van der Waals surface area contributed by atoms with Gasteiger partial charge in [0.05, 0.1) is 25.2 Å². The van der Waals surface area contributed by atoms with Crippen LogP contribution in [0.5, 0.6) is 5.75 Å². The van der Waals surface area contributed by atoms with E-state index in [9.17, 15) is 4.39 Å². The lowest BCUT2D eigenvalue weighted by molar-refractivity contribution is 0.384. The maximum atomic E-state index is 13.9. The molecule has 2 aromatic rings. The monoisotopic (exact) mass is 285 g/mol. The maximum Gasteiger partial charge on any atom is 0.171 e. The Hall–Kier alpha value is -1.43. The highest BCUT2D eigenvalue weighted by atomic mass is 79.9. The van der Waals surface area contributed by atoms with Gasteiger partial charge in [-0.2, -0.15) is 0 Å². The van der Waals surface area contributed by atoms with Crippen LogP contribution in [0.25, 0.3) is 5.69 Å². The van der Waals surface area contributed by atoms with E-state index in [0.717, 1.165) is 0 Å². The normalized spacial score (nSPS) is 10.4. The molecule has 84 valence electrons. The van der Waals surface area contributed by atoms with Crippen molar-refractivity contribution in [2.75, 3.05) is 7.11 Å². The summed E-state index contributed by atoms with van der Waals surface area (Å²) in [6.07, 6.45) is 3.20. The molecular formula is C10H9BrFN3O. The molecular weight excluding hydrogens is 277 g/mol. The Morgan fingerprint density at radius 3 is 2.88 bits per heavy atom. The van der Waals surface area contributed by atoms with Crippen LogP contribution in [0.15, 0.2) is 24.5 Å². The Morgan fingerprint density at radius 1 is 1.50 bits per heavy atom. The molecule has 0 unspecified atom stereocenters. The SMILES string of the molecule is COc1ccc(-n2ccnn2)c(CBr)c1F. The van der Waals surface area contributed by atoms with Crippen molar-refractivity contribution in [1.82, 2.24) is 15.0 Å². The smallest absolute Gasteiger partial charge is 0.171 e. The number of aromatic nitrogens is 3. The summed E-state index contributed by atoms with van der Waals surface area (Å²) in [4.78, 5) is 0. The molecule has 0 fully saturated rings. The fraction of sp³-hybridized carbons (Fsp3) is 0.200. The Labute approximate surface area is 100 Å². The van der Waals surface area contributed by atoms with Crippen molar-refractivity contribution in [3.8, 4) is 11.4 Å². The minimum absolute atomic E-state index is 0.221. The molecule has 0 saturated heterocycles. The number of hydrogen-bond acceptors (Lipinski definition) is 3. The zero-order valence-electron chi connectivity index (χ0n) is 8.52. The molecule has 4 nitrogen and oxygen atoms in total. The summed E-state index contributed by atoms with van der Waals surface area (Å²) in [7, 11) is 1.44. The standard InChI is InChI=1S/C10H9BrFN3O/c1-16-9-3-2-8(7(6-11)10(9)12)15-5-4-13-14-15/h2-5H,6H2,1H3. The van der Waals surface area contributed by atoms with E-state index in [1.165, 1.54) is 11.8 Å². The summed E-state index contributed by atoms with van der Waals surface area (Å²) in [6, 6.07) is 3.31. The van der Waals surface area contributed by atoms with Gasteiger partial charge in [0.25, 0.3) is 0 Å². The van der Waals surface area contributed by atoms with E-state index in [4.69, 9.17) is 4.74 Å². The molecule has 1 aromatic heterocycles. The van der Waals surface area contributed by atoms with Crippen molar-refractivity contribution in [1.29, 1.82) is 0 Å². The van der Waals surface area contributed by atoms with Gasteiger partial charge >= 0.3 is 0 Å². The number of methoxy groups -OCH3 is 1. The summed E-state index contributed by atoms with van der Waals surface area (Å²) >= 11 is 3.25. The van der Waals surface area contributed by atoms with Crippen LogP contribution in [-0.4, -0.2) is 22.1 Å². The summed E-state index contributed by atoms with van der Waals surface area (Å²) < 4.78 is 20.3. The van der Waals surface area contributed by atoms with Crippen molar-refractivity contribution >= 4 is 15.9 Å². The van der Waals surface area contributed by atoms with Gasteiger partial charge in [-0.15, -0.1) is 5.10 Å². The maximum absolute atomic E-state index is 13.9. The lowest BCUT2D eigenvalue weighted by Gasteiger charge is -2.10. The van der Waals surface area contributed by atoms with Crippen LogP contribution >= 0.6 is 15.9 Å². The molecule has 0 saturated carbocycles. The molecule has 0 aliphatic heterocycles. The van der Waals surface area contributed by atoms with Crippen LogP contribution in [0.2, 0.25) is 0 Å². The van der Waals surface area contributed by atoms with Crippen molar-refractivity contribution < 1.29 is 9.13 Å². The summed E-state index contributed by atoms with van der Waals surface area (Å²) in [6.45, 7) is 0. The van der Waals surface area contributed by atoms with E-state index in [1.807, 2.05) is 0 Å². The summed E-state index contributed by atoms with van der Waals surface area (Å²) in [5, 5.41) is 7.90. The number of ether oxygens (including phenoxy) is 1. The van der Waals surface area contributed by atoms with E-state index >= 15 is 0 Å². The fourth-order valence-corrected chi connectivity index (χ4v) is 1.96. The summed E-state index contributed by atoms with van der Waals surface area (Å²) in [5.41, 5.74) is 1.14. The number of rotatable bonds is 3. The van der Waals surface area contributed by atoms with Gasteiger partial charge in [-0.1, -0.05) is 21.1 Å². The van der Waals surface area contributed by atoms with Crippen molar-refractivity contribution in [2.45, 2.75) is 5.33 Å². The largest absolute Gasteiger partial charge is 0.494 e. The second kappa shape index (κ2) is 4.61. The Balaban J connectivity index is 2.59. The van der Waals surface area contributed by atoms with Crippen molar-refractivity contribution in [2.24, 2.45) is 0 Å². The van der Waals surface area contributed by atoms with Crippen LogP contribution in [0.4, 0.5) is 4.39 Å². The van der Waals surface area contributed by atoms with Crippen molar-refractivity contribution in [3.05, 3.63) is 35.9 Å². The first-order chi connectivity index (χ1) is 7.77. The topological polar surface area (TPSA) is 39.9 Å². The molecule has 0 amide bonds. The average molecular weight is 286 g/mol. The molecule has 1 heterocycles. The van der Waals surface area contributed by atoms with E-state index in [0.29, 0.717) is 16.6 Å². The van der Waals surface area contributed by atoms with Gasteiger partial charge in [-0.3, -0.25) is 0 Å². The van der Waals surface area contributed by atoms with E-state index in [2.05, 4.69) is 26.2 Å². The average Bonchev–Trinajstić information content (AvgIpc) is 2.82. The third-order valence-electron chi connectivity index (χ3n) is 2.21. The molecule has 6 heteroatoms. The zero-order chi connectivity index (χ0) is 11.5. The van der Waals surface area contributed by atoms with Crippen LogP contribution < -0.4 is 4.74 Å². The van der Waals surface area contributed by atoms with E-state index in [-0.39, 0.29) is 11.6 Å². The quantitative estimate of drug-likeness (QED) is 0.813. The minimum Gasteiger partial charge on any atom is -0.494 e. The summed E-state index contributed by atoms with van der Waals surface area (Å²) in [5.74, 6) is -0.161. The third kappa shape index (κ3) is 1.80. The van der Waals surface area contributed by atoms with E-state index < -0.39 is 0 Å². The predicted octanol–water partition coefficient (Wildman–Crippen LogP) is 2.31. The first kappa shape index (κ1) is 11.1. The minimum atomic E-state index is -0.382. The van der Waals surface area contributed by atoms with Gasteiger partial charge in [0.15, 0.2) is 11.6 Å². The van der Waals surface area contributed by atoms with Crippen LogP contribution in [0.1, 0.15) is 5.56 Å². The Morgan fingerprint density at radius 2 is 2.31 bits per heavy atom. The number of hydrogen-bond donors (Lipinski definition) is 0. The zero-order valence-corrected chi connectivity index (χ0v) is 10.1. The molecule has 0 bridgehead atoms. The number of halogens is 2. The molecule has 0 aliphatic carbocycles. The second-order valence-electron chi connectivity index (χ2n) is 3.06. The second-order valence-corrected chi connectivity index (χ2v) is 3.62. The van der Waals surface area contributed by atoms with Crippen molar-refractivity contribution in [3.63, 3.8) is 0 Å². The molecule has 0 radical (unpaired) electrons. The highest BCUT2D eigenvalue weighted by Crippen LogP contribution is 2.27. The number of benzene rings is 1. The highest BCUT2D eigenvalue weighted by molar-refractivity contribution is 9.08. The fourth-order valence-electron chi connectivity index (χ4n) is 1.43. The predicted molar refractivity (Wildman–Crippen MR) is 60.5 cm³/mol. The molecule has 0 aliphatic rings. The van der Waals surface area contributed by atoms with E-state index in [1.54, 1.807) is 24.5 Å². The molecule has 1 aromatic carbocycles. The van der Waals surface area contributed by atoms with Crippen LogP contribution in [0.3, 0.4) is 0 Å². The molecule has 16 heavy (non-hydrogen) atoms. The Bertz CT molecular complexity index is 487. The van der Waals surface area contributed by atoms with Gasteiger partial charge in [0.1, 0.15) is 0 Å². The molecule has 2 rings (SSSR count). The first-order valence-corrected chi connectivity index (χ1v) is 5.68. The van der Waals surface area contributed by atoms with Crippen LogP contribution in [-0.2, 0) is 5.33 Å². The first-order valence-electron chi connectivity index (χ1n) is 4.56.